The van der Waals surface area contributed by atoms with Gasteiger partial charge >= 0.3 is 0 Å². The molecule has 0 aliphatic heterocycles. The Morgan fingerprint density at radius 1 is 1.33 bits per heavy atom. The Labute approximate surface area is 122 Å². The molecule has 0 saturated carbocycles. The van der Waals surface area contributed by atoms with Crippen LogP contribution in [0.3, 0.4) is 0 Å². The van der Waals surface area contributed by atoms with Crippen LogP contribution in [0.1, 0.15) is 30.7 Å². The molecule has 0 aromatic carbocycles. The van der Waals surface area contributed by atoms with Gasteiger partial charge in [0, 0.05) is 6.54 Å². The molecule has 0 bridgehead atoms. The third-order valence-corrected chi connectivity index (χ3v) is 3.12. The largest absolute Gasteiger partial charge is 0.395 e. The van der Waals surface area contributed by atoms with Crippen LogP contribution in [0.5, 0.6) is 0 Å². The highest BCUT2D eigenvalue weighted by Crippen LogP contribution is 2.24. The number of aromatic nitrogens is 2. The molecule has 1 aromatic heterocycles. The summed E-state index contributed by atoms with van der Waals surface area (Å²) in [6.07, 6.45) is -1.40. The fraction of sp³-hybridized carbons (Fsp3) is 0.615. The molecule has 0 radical (unpaired) electrons. The summed E-state index contributed by atoms with van der Waals surface area (Å²) < 4.78 is 25.4. The van der Waals surface area contributed by atoms with E-state index in [1.165, 1.54) is 4.90 Å². The van der Waals surface area contributed by atoms with Gasteiger partial charge in [-0.1, -0.05) is 13.8 Å². The first-order valence-electron chi connectivity index (χ1n) is 6.82. The first-order chi connectivity index (χ1) is 9.96. The maximum absolute atomic E-state index is 12.7. The number of amidine groups is 1. The molecule has 0 fully saturated rings. The molecular weight excluding hydrogens is 280 g/mol. The van der Waals surface area contributed by atoms with Crippen molar-refractivity contribution in [3.05, 3.63) is 16.8 Å². The summed E-state index contributed by atoms with van der Waals surface area (Å²) in [5, 5.41) is 24.8. The average molecular weight is 301 g/mol. The van der Waals surface area contributed by atoms with E-state index in [2.05, 4.69) is 10.2 Å². The molecule has 0 atom stereocenters. The number of aryl methyl sites for hydroxylation is 1. The van der Waals surface area contributed by atoms with Gasteiger partial charge in [0.15, 0.2) is 5.82 Å². The van der Waals surface area contributed by atoms with Crippen molar-refractivity contribution < 1.29 is 13.9 Å². The van der Waals surface area contributed by atoms with Crippen LogP contribution in [0.2, 0.25) is 0 Å². The van der Waals surface area contributed by atoms with E-state index >= 15 is 0 Å². The van der Waals surface area contributed by atoms with Crippen LogP contribution in [0.25, 0.3) is 0 Å². The number of hydrogen-bond acceptors (Lipinski definition) is 5. The van der Waals surface area contributed by atoms with Crippen molar-refractivity contribution in [2.45, 2.75) is 33.1 Å². The van der Waals surface area contributed by atoms with Crippen molar-refractivity contribution in [1.29, 1.82) is 5.41 Å². The van der Waals surface area contributed by atoms with Crippen molar-refractivity contribution in [1.82, 2.24) is 10.2 Å². The summed E-state index contributed by atoms with van der Waals surface area (Å²) in [5.41, 5.74) is 7.39. The van der Waals surface area contributed by atoms with E-state index < -0.39 is 13.0 Å². The predicted molar refractivity (Wildman–Crippen MR) is 77.1 cm³/mol. The monoisotopic (exact) mass is 301 g/mol. The van der Waals surface area contributed by atoms with Crippen molar-refractivity contribution >= 4 is 11.7 Å². The summed E-state index contributed by atoms with van der Waals surface area (Å²) in [5.74, 6) is -0.102. The Morgan fingerprint density at radius 3 is 2.43 bits per heavy atom. The van der Waals surface area contributed by atoms with Gasteiger partial charge in [-0.25, -0.2) is 8.78 Å². The number of rotatable bonds is 8. The molecule has 21 heavy (non-hydrogen) atoms. The van der Waals surface area contributed by atoms with Gasteiger partial charge in [0.25, 0.3) is 6.43 Å². The van der Waals surface area contributed by atoms with E-state index in [1.54, 1.807) is 0 Å². The quantitative estimate of drug-likeness (QED) is 0.490. The molecule has 6 nitrogen and oxygen atoms in total. The molecule has 0 spiro atoms. The number of anilines is 1. The molecule has 118 valence electrons. The summed E-state index contributed by atoms with van der Waals surface area (Å²) >= 11 is 0. The first kappa shape index (κ1) is 17.2. The Kier molecular flexibility index (Phi) is 6.41. The minimum Gasteiger partial charge on any atom is -0.395 e. The van der Waals surface area contributed by atoms with E-state index in [0.717, 1.165) is 5.56 Å². The van der Waals surface area contributed by atoms with E-state index in [-0.39, 0.29) is 24.8 Å². The SMILES string of the molecule is CCc1nnc(N(CCO)CC(F)F)c(C(=N)N)c1CC. The average Bonchev–Trinajstić information content (AvgIpc) is 2.44. The normalized spacial score (nSPS) is 11.0. The molecule has 0 unspecified atom stereocenters. The lowest BCUT2D eigenvalue weighted by Crippen LogP contribution is -2.35. The van der Waals surface area contributed by atoms with Gasteiger partial charge in [0.05, 0.1) is 24.4 Å². The highest BCUT2D eigenvalue weighted by Gasteiger charge is 2.23. The van der Waals surface area contributed by atoms with E-state index in [1.807, 2.05) is 13.8 Å². The third kappa shape index (κ3) is 4.07. The zero-order chi connectivity index (χ0) is 16.0. The van der Waals surface area contributed by atoms with Crippen LogP contribution in [0.4, 0.5) is 14.6 Å². The van der Waals surface area contributed by atoms with Gasteiger partial charge in [0.2, 0.25) is 0 Å². The van der Waals surface area contributed by atoms with E-state index in [9.17, 15) is 8.78 Å². The van der Waals surface area contributed by atoms with Crippen molar-refractivity contribution in [2.75, 3.05) is 24.6 Å². The van der Waals surface area contributed by atoms with Gasteiger partial charge in [-0.05, 0) is 18.4 Å². The molecule has 0 aliphatic rings. The number of nitrogens with two attached hydrogens (primary N) is 1. The molecule has 1 rings (SSSR count). The lowest BCUT2D eigenvalue weighted by molar-refractivity contribution is 0.152. The maximum atomic E-state index is 12.7. The second-order valence-corrected chi connectivity index (χ2v) is 4.51. The molecule has 0 amide bonds. The zero-order valence-corrected chi connectivity index (χ0v) is 12.2. The highest BCUT2D eigenvalue weighted by atomic mass is 19.3. The molecule has 0 aliphatic carbocycles. The molecule has 4 N–H and O–H groups in total. The topological polar surface area (TPSA) is 99.1 Å². The van der Waals surface area contributed by atoms with Gasteiger partial charge < -0.3 is 15.7 Å². The number of aliphatic hydroxyl groups is 1. The van der Waals surface area contributed by atoms with Crippen molar-refractivity contribution in [3.63, 3.8) is 0 Å². The number of alkyl halides is 2. The lowest BCUT2D eigenvalue weighted by atomic mass is 10.0. The van der Waals surface area contributed by atoms with Gasteiger partial charge in [-0.15, -0.1) is 5.10 Å². The van der Waals surface area contributed by atoms with Crippen LogP contribution >= 0.6 is 0 Å². The van der Waals surface area contributed by atoms with Crippen LogP contribution < -0.4 is 10.6 Å². The molecule has 1 heterocycles. The number of nitrogen functional groups attached to an aromatic ring is 1. The molecular formula is C13H21F2N5O. The summed E-state index contributed by atoms with van der Waals surface area (Å²) in [4.78, 5) is 1.22. The lowest BCUT2D eigenvalue weighted by Gasteiger charge is -2.25. The van der Waals surface area contributed by atoms with Crippen LogP contribution in [0.15, 0.2) is 0 Å². The van der Waals surface area contributed by atoms with Gasteiger partial charge in [-0.2, -0.15) is 5.10 Å². The number of aliphatic hydroxyl groups excluding tert-OH is 1. The maximum Gasteiger partial charge on any atom is 0.255 e. The van der Waals surface area contributed by atoms with E-state index in [4.69, 9.17) is 16.2 Å². The summed E-state index contributed by atoms with van der Waals surface area (Å²) in [6.45, 7) is 2.87. The fourth-order valence-corrected chi connectivity index (χ4v) is 2.24. The molecule has 1 aromatic rings. The predicted octanol–water partition coefficient (Wildman–Crippen LogP) is 0.949. The minimum absolute atomic E-state index is 0.0199. The van der Waals surface area contributed by atoms with E-state index in [0.29, 0.717) is 24.1 Å². The number of nitrogens with one attached hydrogen (secondary N) is 1. The van der Waals surface area contributed by atoms with Gasteiger partial charge in [-0.3, -0.25) is 5.41 Å². The smallest absolute Gasteiger partial charge is 0.255 e. The Balaban J connectivity index is 3.41. The Bertz CT molecular complexity index is 496. The summed E-state index contributed by atoms with van der Waals surface area (Å²) in [6, 6.07) is 0. The Hall–Kier alpha value is -1.83. The standard InChI is InChI=1S/C13H21F2N5O/c1-3-8-9(4-2)18-19-13(11(8)12(16)17)20(5-6-21)7-10(14)15/h10,21H,3-7H2,1-2H3,(H3,16,17). The fourth-order valence-electron chi connectivity index (χ4n) is 2.24. The first-order valence-corrected chi connectivity index (χ1v) is 6.82. The number of nitrogens with zero attached hydrogens (tertiary/aromatic N) is 3. The van der Waals surface area contributed by atoms with Crippen molar-refractivity contribution in [2.24, 2.45) is 5.73 Å². The second kappa shape index (κ2) is 7.82. The minimum atomic E-state index is -2.59. The molecule has 8 heteroatoms. The Morgan fingerprint density at radius 2 is 2.00 bits per heavy atom. The second-order valence-electron chi connectivity index (χ2n) is 4.51. The van der Waals surface area contributed by atoms with Crippen LogP contribution in [-0.2, 0) is 12.8 Å². The zero-order valence-electron chi connectivity index (χ0n) is 12.2. The van der Waals surface area contributed by atoms with Crippen molar-refractivity contribution in [3.8, 4) is 0 Å². The van der Waals surface area contributed by atoms with Crippen LogP contribution in [0, 0.1) is 5.41 Å². The number of hydrogen-bond donors (Lipinski definition) is 3. The van der Waals surface area contributed by atoms with Gasteiger partial charge in [0.1, 0.15) is 5.84 Å². The number of halogens is 2. The third-order valence-electron chi connectivity index (χ3n) is 3.12. The summed E-state index contributed by atoms with van der Waals surface area (Å²) in [7, 11) is 0. The molecule has 0 saturated heterocycles. The van der Waals surface area contributed by atoms with Crippen LogP contribution in [-0.4, -0.2) is 47.3 Å². The highest BCUT2D eigenvalue weighted by molar-refractivity contribution is 6.01.